The average molecular weight is 333 g/mol. The standard InChI is InChI=1S/C18H20FNO2S/c1-20-9-6-12(7-10-20)16(21)14-8-11-23-18(14)17(22)13-4-2-3-5-15(13)19/h2-5,8,11-12,16,21H,6-7,9-10H2,1H3. The van der Waals surface area contributed by atoms with Crippen LogP contribution in [0, 0.1) is 11.7 Å². The largest absolute Gasteiger partial charge is 0.388 e. The normalized spacial score (nSPS) is 18.0. The van der Waals surface area contributed by atoms with Crippen LogP contribution in [0.1, 0.15) is 39.7 Å². The van der Waals surface area contributed by atoms with Gasteiger partial charge in [0, 0.05) is 5.56 Å². The fourth-order valence-electron chi connectivity index (χ4n) is 3.10. The van der Waals surface area contributed by atoms with Gasteiger partial charge in [0.1, 0.15) is 5.82 Å². The van der Waals surface area contributed by atoms with Gasteiger partial charge in [-0.15, -0.1) is 11.3 Å². The summed E-state index contributed by atoms with van der Waals surface area (Å²) < 4.78 is 13.9. The van der Waals surface area contributed by atoms with Crippen molar-refractivity contribution in [1.29, 1.82) is 0 Å². The lowest BCUT2D eigenvalue weighted by atomic mass is 9.87. The van der Waals surface area contributed by atoms with E-state index in [4.69, 9.17) is 0 Å². The number of halogens is 1. The molecule has 1 atom stereocenters. The second-order valence-corrected chi connectivity index (χ2v) is 7.02. The summed E-state index contributed by atoms with van der Waals surface area (Å²) in [5, 5.41) is 12.5. The third-order valence-electron chi connectivity index (χ3n) is 4.55. The molecule has 0 radical (unpaired) electrons. The number of ketones is 1. The number of rotatable bonds is 4. The number of thiophene rings is 1. The summed E-state index contributed by atoms with van der Waals surface area (Å²) in [6, 6.07) is 7.78. The highest BCUT2D eigenvalue weighted by atomic mass is 32.1. The maximum Gasteiger partial charge on any atom is 0.206 e. The Kier molecular flexibility index (Phi) is 4.90. The molecule has 0 saturated carbocycles. The van der Waals surface area contributed by atoms with E-state index in [1.165, 1.54) is 23.5 Å². The first-order valence-corrected chi connectivity index (χ1v) is 8.69. The predicted octanol–water partition coefficient (Wildman–Crippen LogP) is 3.49. The van der Waals surface area contributed by atoms with Crippen LogP contribution in [0.5, 0.6) is 0 Å². The minimum atomic E-state index is -0.666. The highest BCUT2D eigenvalue weighted by molar-refractivity contribution is 7.12. The lowest BCUT2D eigenvalue weighted by Gasteiger charge is -2.32. The number of carbonyl (C=O) groups excluding carboxylic acids is 1. The lowest BCUT2D eigenvalue weighted by molar-refractivity contribution is 0.0650. The monoisotopic (exact) mass is 333 g/mol. The van der Waals surface area contributed by atoms with Crippen molar-refractivity contribution in [2.75, 3.05) is 20.1 Å². The van der Waals surface area contributed by atoms with E-state index in [2.05, 4.69) is 11.9 Å². The van der Waals surface area contributed by atoms with Gasteiger partial charge in [0.2, 0.25) is 5.78 Å². The van der Waals surface area contributed by atoms with Gasteiger partial charge in [-0.25, -0.2) is 4.39 Å². The molecule has 0 aliphatic carbocycles. The number of likely N-dealkylation sites (tertiary alicyclic amines) is 1. The van der Waals surface area contributed by atoms with Crippen molar-refractivity contribution in [2.45, 2.75) is 18.9 Å². The Bertz CT molecular complexity index is 692. The number of hydrogen-bond donors (Lipinski definition) is 1. The van der Waals surface area contributed by atoms with Gasteiger partial charge in [0.15, 0.2) is 0 Å². The number of carbonyl (C=O) groups is 1. The number of piperidine rings is 1. The second kappa shape index (κ2) is 6.91. The molecule has 1 saturated heterocycles. The van der Waals surface area contributed by atoms with Crippen molar-refractivity contribution in [2.24, 2.45) is 5.92 Å². The summed E-state index contributed by atoms with van der Waals surface area (Å²) in [5.74, 6) is -0.723. The van der Waals surface area contributed by atoms with Crippen molar-refractivity contribution in [1.82, 2.24) is 4.90 Å². The van der Waals surface area contributed by atoms with Crippen LogP contribution in [0.2, 0.25) is 0 Å². The van der Waals surface area contributed by atoms with Gasteiger partial charge in [-0.2, -0.15) is 0 Å². The zero-order valence-corrected chi connectivity index (χ0v) is 13.9. The second-order valence-electron chi connectivity index (χ2n) is 6.10. The van der Waals surface area contributed by atoms with Crippen LogP contribution in [0.4, 0.5) is 4.39 Å². The molecule has 5 heteroatoms. The predicted molar refractivity (Wildman–Crippen MR) is 89.3 cm³/mol. The molecule has 23 heavy (non-hydrogen) atoms. The Morgan fingerprint density at radius 3 is 2.70 bits per heavy atom. The van der Waals surface area contributed by atoms with Gasteiger partial charge in [-0.1, -0.05) is 12.1 Å². The summed E-state index contributed by atoms with van der Waals surface area (Å²) in [7, 11) is 2.07. The smallest absolute Gasteiger partial charge is 0.206 e. The Hall–Kier alpha value is -1.56. The molecule has 1 N–H and O–H groups in total. The molecular formula is C18H20FNO2S. The SMILES string of the molecule is CN1CCC(C(O)c2ccsc2C(=O)c2ccccc2F)CC1. The Morgan fingerprint density at radius 1 is 1.30 bits per heavy atom. The molecule has 3 nitrogen and oxygen atoms in total. The highest BCUT2D eigenvalue weighted by Gasteiger charge is 2.29. The molecule has 1 aliphatic heterocycles. The first-order valence-electron chi connectivity index (χ1n) is 7.81. The minimum absolute atomic E-state index is 0.0618. The van der Waals surface area contributed by atoms with Crippen molar-refractivity contribution < 1.29 is 14.3 Å². The molecule has 122 valence electrons. The summed E-state index contributed by atoms with van der Waals surface area (Å²) in [6.07, 6.45) is 1.14. The van der Waals surface area contributed by atoms with Gasteiger partial charge < -0.3 is 10.0 Å². The van der Waals surface area contributed by atoms with Gasteiger partial charge in [0.25, 0.3) is 0 Å². The maximum atomic E-state index is 13.9. The number of benzene rings is 1. The molecule has 2 aromatic rings. The van der Waals surface area contributed by atoms with E-state index >= 15 is 0 Å². The van der Waals surface area contributed by atoms with Crippen molar-refractivity contribution in [3.05, 3.63) is 57.5 Å². The Morgan fingerprint density at radius 2 is 2.00 bits per heavy atom. The van der Waals surface area contributed by atoms with E-state index in [1.54, 1.807) is 23.6 Å². The van der Waals surface area contributed by atoms with Crippen molar-refractivity contribution in [3.8, 4) is 0 Å². The number of aliphatic hydroxyl groups excluding tert-OH is 1. The summed E-state index contributed by atoms with van der Waals surface area (Å²) in [5.41, 5.74) is 0.699. The van der Waals surface area contributed by atoms with Crippen LogP contribution in [-0.2, 0) is 0 Å². The third kappa shape index (κ3) is 3.37. The molecule has 2 heterocycles. The van der Waals surface area contributed by atoms with Gasteiger partial charge >= 0.3 is 0 Å². The van der Waals surface area contributed by atoms with E-state index in [1.807, 2.05) is 0 Å². The summed E-state index contributed by atoms with van der Waals surface area (Å²) in [6.45, 7) is 1.89. The van der Waals surface area contributed by atoms with Gasteiger partial charge in [0.05, 0.1) is 16.5 Å². The Balaban J connectivity index is 1.85. The van der Waals surface area contributed by atoms with Crippen LogP contribution in [0.3, 0.4) is 0 Å². The number of hydrogen-bond acceptors (Lipinski definition) is 4. The molecule has 3 rings (SSSR count). The number of aliphatic hydroxyl groups is 1. The average Bonchev–Trinajstić information content (AvgIpc) is 3.04. The van der Waals surface area contributed by atoms with Crippen LogP contribution >= 0.6 is 11.3 Å². The zero-order valence-electron chi connectivity index (χ0n) is 13.0. The lowest BCUT2D eigenvalue weighted by Crippen LogP contribution is -2.32. The van der Waals surface area contributed by atoms with Crippen LogP contribution in [-0.4, -0.2) is 35.9 Å². The van der Waals surface area contributed by atoms with Gasteiger partial charge in [-0.05, 0) is 62.5 Å². The molecule has 1 unspecified atom stereocenters. The van der Waals surface area contributed by atoms with E-state index in [9.17, 15) is 14.3 Å². The van der Waals surface area contributed by atoms with Gasteiger partial charge in [-0.3, -0.25) is 4.79 Å². The van der Waals surface area contributed by atoms with Crippen LogP contribution in [0.25, 0.3) is 0 Å². The summed E-state index contributed by atoms with van der Waals surface area (Å²) >= 11 is 1.27. The third-order valence-corrected chi connectivity index (χ3v) is 5.48. The fraction of sp³-hybridized carbons (Fsp3) is 0.389. The molecule has 1 aliphatic rings. The first-order chi connectivity index (χ1) is 11.1. The fourth-order valence-corrected chi connectivity index (χ4v) is 4.00. The highest BCUT2D eigenvalue weighted by Crippen LogP contribution is 2.35. The van der Waals surface area contributed by atoms with E-state index in [0.29, 0.717) is 10.4 Å². The van der Waals surface area contributed by atoms with Crippen molar-refractivity contribution in [3.63, 3.8) is 0 Å². The van der Waals surface area contributed by atoms with Crippen LogP contribution in [0.15, 0.2) is 35.7 Å². The Labute approximate surface area is 139 Å². The first kappa shape index (κ1) is 16.3. The van der Waals surface area contributed by atoms with E-state index in [-0.39, 0.29) is 17.3 Å². The molecule has 0 bridgehead atoms. The molecule has 1 aromatic carbocycles. The minimum Gasteiger partial charge on any atom is -0.388 e. The van der Waals surface area contributed by atoms with Crippen molar-refractivity contribution >= 4 is 17.1 Å². The quantitative estimate of drug-likeness (QED) is 0.871. The topological polar surface area (TPSA) is 40.5 Å². The number of nitrogens with zero attached hydrogens (tertiary/aromatic N) is 1. The zero-order chi connectivity index (χ0) is 16.4. The molecule has 1 fully saturated rings. The molecule has 1 aromatic heterocycles. The molecule has 0 amide bonds. The molecular weight excluding hydrogens is 313 g/mol. The molecule has 0 spiro atoms. The van der Waals surface area contributed by atoms with E-state index in [0.717, 1.165) is 25.9 Å². The maximum absolute atomic E-state index is 13.9. The van der Waals surface area contributed by atoms with E-state index < -0.39 is 11.9 Å². The van der Waals surface area contributed by atoms with Crippen LogP contribution < -0.4 is 0 Å². The summed E-state index contributed by atoms with van der Waals surface area (Å²) in [4.78, 5) is 15.3.